The van der Waals surface area contributed by atoms with E-state index in [-0.39, 0.29) is 0 Å². The summed E-state index contributed by atoms with van der Waals surface area (Å²) in [6.45, 7) is 3.24. The molecule has 0 spiro atoms. The van der Waals surface area contributed by atoms with Gasteiger partial charge in [0.05, 0.1) is 13.2 Å². The Morgan fingerprint density at radius 1 is 1.33 bits per heavy atom. The van der Waals surface area contributed by atoms with Crippen molar-refractivity contribution in [1.29, 1.82) is 0 Å². The Bertz CT molecular complexity index is 700. The van der Waals surface area contributed by atoms with Crippen LogP contribution in [0.4, 0.5) is 5.13 Å². The van der Waals surface area contributed by atoms with E-state index in [4.69, 9.17) is 4.74 Å². The Morgan fingerprint density at radius 2 is 2.21 bits per heavy atom. The summed E-state index contributed by atoms with van der Waals surface area (Å²) in [4.78, 5) is 7.25. The van der Waals surface area contributed by atoms with Crippen molar-refractivity contribution in [2.45, 2.75) is 50.7 Å². The van der Waals surface area contributed by atoms with Gasteiger partial charge in [-0.3, -0.25) is 4.90 Å². The number of rotatable bonds is 6. The third kappa shape index (κ3) is 3.13. The molecule has 2 heterocycles. The third-order valence-electron chi connectivity index (χ3n) is 4.98. The zero-order chi connectivity index (χ0) is 16.5. The second-order valence-electron chi connectivity index (χ2n) is 6.60. The number of methoxy groups -OCH3 is 1. The number of aromatic nitrogens is 2. The molecular weight excluding hydrogens is 320 g/mol. The molecule has 2 fully saturated rings. The zero-order valence-corrected chi connectivity index (χ0v) is 15.1. The topological polar surface area (TPSA) is 50.3 Å². The number of benzene rings is 1. The average Bonchev–Trinajstić information content (AvgIpc) is 3.22. The van der Waals surface area contributed by atoms with Gasteiger partial charge in [0, 0.05) is 36.6 Å². The highest BCUT2D eigenvalue weighted by atomic mass is 32.1. The molecule has 1 N–H and O–H groups in total. The number of hydrogen-bond donors (Lipinski definition) is 1. The van der Waals surface area contributed by atoms with Crippen LogP contribution in [0, 0.1) is 0 Å². The maximum atomic E-state index is 5.44. The smallest absolute Gasteiger partial charge is 0.202 e. The van der Waals surface area contributed by atoms with E-state index in [9.17, 15) is 0 Å². The lowest BCUT2D eigenvalue weighted by Crippen LogP contribution is -2.32. The number of likely N-dealkylation sites (tertiary alicyclic amines) is 1. The maximum Gasteiger partial charge on any atom is 0.202 e. The summed E-state index contributed by atoms with van der Waals surface area (Å²) >= 11 is 1.48. The molecular formula is C18H24N4OS. The van der Waals surface area contributed by atoms with Gasteiger partial charge in [-0.1, -0.05) is 19.1 Å². The highest BCUT2D eigenvalue weighted by molar-refractivity contribution is 7.09. The van der Waals surface area contributed by atoms with E-state index in [0.29, 0.717) is 12.1 Å². The van der Waals surface area contributed by atoms with Crippen LogP contribution < -0.4 is 10.1 Å². The molecule has 128 valence electrons. The lowest BCUT2D eigenvalue weighted by Gasteiger charge is -2.29. The van der Waals surface area contributed by atoms with E-state index in [2.05, 4.69) is 44.7 Å². The van der Waals surface area contributed by atoms with Crippen LogP contribution in [0.3, 0.4) is 0 Å². The predicted molar refractivity (Wildman–Crippen MR) is 96.8 cm³/mol. The van der Waals surface area contributed by atoms with Crippen molar-refractivity contribution in [3.05, 3.63) is 35.7 Å². The first kappa shape index (κ1) is 15.8. The fourth-order valence-corrected chi connectivity index (χ4v) is 4.36. The molecule has 2 unspecified atom stereocenters. The molecule has 1 saturated carbocycles. The average molecular weight is 344 g/mol. The second-order valence-corrected chi connectivity index (χ2v) is 7.35. The van der Waals surface area contributed by atoms with Gasteiger partial charge in [-0.05, 0) is 37.0 Å². The van der Waals surface area contributed by atoms with Gasteiger partial charge >= 0.3 is 0 Å². The highest BCUT2D eigenvalue weighted by Crippen LogP contribution is 2.42. The first-order valence-corrected chi connectivity index (χ1v) is 9.54. The molecule has 1 aliphatic heterocycles. The second kappa shape index (κ2) is 6.69. The Labute approximate surface area is 147 Å². The molecule has 6 heteroatoms. The molecule has 2 aromatic rings. The van der Waals surface area contributed by atoms with Crippen molar-refractivity contribution >= 4 is 16.7 Å². The zero-order valence-electron chi connectivity index (χ0n) is 14.2. The van der Waals surface area contributed by atoms with E-state index in [1.165, 1.54) is 29.9 Å². The van der Waals surface area contributed by atoms with Crippen LogP contribution in [0.15, 0.2) is 24.3 Å². The van der Waals surface area contributed by atoms with Gasteiger partial charge in [0.15, 0.2) is 0 Å². The summed E-state index contributed by atoms with van der Waals surface area (Å²) in [5, 5.41) is 4.60. The summed E-state index contributed by atoms with van der Waals surface area (Å²) < 4.78 is 9.84. The molecule has 2 atom stereocenters. The molecule has 0 bridgehead atoms. The van der Waals surface area contributed by atoms with Crippen LogP contribution in [-0.4, -0.2) is 40.0 Å². The third-order valence-corrected chi connectivity index (χ3v) is 5.67. The normalized spacial score (nSPS) is 24.2. The summed E-state index contributed by atoms with van der Waals surface area (Å²) in [6, 6.07) is 10.00. The van der Waals surface area contributed by atoms with Gasteiger partial charge in [-0.25, -0.2) is 4.98 Å². The summed E-state index contributed by atoms with van der Waals surface area (Å²) in [6.07, 6.45) is 4.67. The lowest BCUT2D eigenvalue weighted by atomic mass is 9.99. The molecule has 2 aliphatic rings. The molecule has 24 heavy (non-hydrogen) atoms. The largest absolute Gasteiger partial charge is 0.497 e. The Morgan fingerprint density at radius 3 is 2.92 bits per heavy atom. The van der Waals surface area contributed by atoms with Crippen molar-refractivity contribution in [3.63, 3.8) is 0 Å². The number of anilines is 1. The van der Waals surface area contributed by atoms with Gasteiger partial charge in [0.1, 0.15) is 11.6 Å². The van der Waals surface area contributed by atoms with Crippen LogP contribution in [0.5, 0.6) is 5.75 Å². The van der Waals surface area contributed by atoms with E-state index in [1.807, 2.05) is 6.07 Å². The van der Waals surface area contributed by atoms with E-state index >= 15 is 0 Å². The van der Waals surface area contributed by atoms with Gasteiger partial charge in [0.2, 0.25) is 5.13 Å². The monoisotopic (exact) mass is 344 g/mol. The van der Waals surface area contributed by atoms with Crippen LogP contribution in [-0.2, 0) is 6.42 Å². The summed E-state index contributed by atoms with van der Waals surface area (Å²) in [7, 11) is 1.73. The first-order valence-electron chi connectivity index (χ1n) is 8.77. The van der Waals surface area contributed by atoms with Crippen molar-refractivity contribution < 1.29 is 4.74 Å². The molecule has 0 radical (unpaired) electrons. The fraction of sp³-hybridized carbons (Fsp3) is 0.556. The van der Waals surface area contributed by atoms with Gasteiger partial charge < -0.3 is 10.1 Å². The number of ether oxygens (including phenoxy) is 1. The van der Waals surface area contributed by atoms with Crippen molar-refractivity contribution in [3.8, 4) is 5.75 Å². The van der Waals surface area contributed by atoms with E-state index < -0.39 is 0 Å². The maximum absolute atomic E-state index is 5.44. The van der Waals surface area contributed by atoms with Crippen molar-refractivity contribution in [2.24, 2.45) is 0 Å². The predicted octanol–water partition coefficient (Wildman–Crippen LogP) is 3.50. The minimum absolute atomic E-state index is 0.371. The molecule has 0 amide bonds. The van der Waals surface area contributed by atoms with Gasteiger partial charge in [-0.2, -0.15) is 4.37 Å². The standard InChI is InChI=1S/C18H24N4OS/c1-3-16-20-18(24-21-16)19-15-9-10-22(13-7-8-13)17(15)12-5-4-6-14(11-12)23-2/h4-6,11,13,15,17H,3,7-10H2,1-2H3,(H,19,20,21). The SMILES string of the molecule is CCc1nsc(NC2CCN(C3CC3)C2c2cccc(OC)c2)n1. The minimum atomic E-state index is 0.371. The quantitative estimate of drug-likeness (QED) is 0.869. The Hall–Kier alpha value is -1.66. The molecule has 1 aromatic heterocycles. The van der Waals surface area contributed by atoms with Crippen LogP contribution >= 0.6 is 11.5 Å². The van der Waals surface area contributed by atoms with Crippen LogP contribution in [0.1, 0.15) is 43.6 Å². The number of aryl methyl sites for hydroxylation is 1. The molecule has 4 rings (SSSR count). The molecule has 1 aliphatic carbocycles. The Balaban J connectivity index is 1.59. The number of nitrogens with one attached hydrogen (secondary N) is 1. The van der Waals surface area contributed by atoms with E-state index in [0.717, 1.165) is 42.1 Å². The summed E-state index contributed by atoms with van der Waals surface area (Å²) in [5.41, 5.74) is 1.33. The van der Waals surface area contributed by atoms with Crippen LogP contribution in [0.2, 0.25) is 0 Å². The Kier molecular flexibility index (Phi) is 4.41. The van der Waals surface area contributed by atoms with Crippen molar-refractivity contribution in [1.82, 2.24) is 14.3 Å². The van der Waals surface area contributed by atoms with Crippen LogP contribution in [0.25, 0.3) is 0 Å². The fourth-order valence-electron chi connectivity index (χ4n) is 3.65. The molecule has 1 aromatic carbocycles. The summed E-state index contributed by atoms with van der Waals surface area (Å²) in [5.74, 6) is 1.86. The van der Waals surface area contributed by atoms with Crippen molar-refractivity contribution in [2.75, 3.05) is 19.0 Å². The molecule has 5 nitrogen and oxygen atoms in total. The number of nitrogens with zero attached hydrogens (tertiary/aromatic N) is 3. The first-order chi connectivity index (χ1) is 11.8. The lowest BCUT2D eigenvalue weighted by molar-refractivity contribution is 0.240. The highest BCUT2D eigenvalue weighted by Gasteiger charge is 2.43. The minimum Gasteiger partial charge on any atom is -0.497 e. The van der Waals surface area contributed by atoms with Gasteiger partial charge in [-0.15, -0.1) is 0 Å². The van der Waals surface area contributed by atoms with E-state index in [1.54, 1.807) is 7.11 Å². The molecule has 1 saturated heterocycles. The number of hydrogen-bond acceptors (Lipinski definition) is 6. The van der Waals surface area contributed by atoms with Gasteiger partial charge in [0.25, 0.3) is 0 Å².